The molecule has 0 saturated heterocycles. The maximum atomic E-state index is 10.6. The van der Waals surface area contributed by atoms with Crippen molar-refractivity contribution in [2.24, 2.45) is 7.05 Å². The highest BCUT2D eigenvalue weighted by molar-refractivity contribution is 7.17. The number of aromatic nitrogens is 1. The predicted molar refractivity (Wildman–Crippen MR) is 50.6 cm³/mol. The molecule has 2 N–H and O–H groups in total. The molecule has 0 radical (unpaired) electrons. The Kier molecular flexibility index (Phi) is 1.44. The predicted octanol–water partition coefficient (Wildman–Crippen LogP) is 1.63. The van der Waals surface area contributed by atoms with Crippen LogP contribution in [-0.2, 0) is 7.05 Å². The molecule has 2 rings (SSSR count). The summed E-state index contributed by atoms with van der Waals surface area (Å²) in [6.45, 7) is 0. The van der Waals surface area contributed by atoms with Gasteiger partial charge in [0, 0.05) is 7.05 Å². The fraction of sp³-hybridized carbons (Fsp3) is 0.125. The van der Waals surface area contributed by atoms with Gasteiger partial charge in [0.15, 0.2) is 6.29 Å². The van der Waals surface area contributed by atoms with E-state index in [-0.39, 0.29) is 0 Å². The van der Waals surface area contributed by atoms with E-state index in [4.69, 9.17) is 5.73 Å². The molecular weight excluding hydrogens is 172 g/mol. The molecule has 0 saturated carbocycles. The maximum absolute atomic E-state index is 10.6. The average molecular weight is 180 g/mol. The van der Waals surface area contributed by atoms with Crippen LogP contribution in [0.2, 0.25) is 0 Å². The second-order valence-corrected chi connectivity index (χ2v) is 3.53. The van der Waals surface area contributed by atoms with Gasteiger partial charge in [0.1, 0.15) is 5.69 Å². The smallest absolute Gasteiger partial charge is 0.168 e. The van der Waals surface area contributed by atoms with Crippen molar-refractivity contribution in [2.45, 2.75) is 0 Å². The van der Waals surface area contributed by atoms with Gasteiger partial charge in [-0.15, -0.1) is 11.3 Å². The minimum atomic E-state index is 0.567. The van der Waals surface area contributed by atoms with Crippen LogP contribution < -0.4 is 5.73 Å². The van der Waals surface area contributed by atoms with Gasteiger partial charge in [-0.2, -0.15) is 0 Å². The van der Waals surface area contributed by atoms with Gasteiger partial charge in [-0.05, 0) is 11.4 Å². The summed E-state index contributed by atoms with van der Waals surface area (Å²) in [5.41, 5.74) is 7.94. The van der Waals surface area contributed by atoms with Gasteiger partial charge in [-0.25, -0.2) is 0 Å². The molecule has 0 amide bonds. The highest BCUT2D eigenvalue weighted by atomic mass is 32.1. The Hall–Kier alpha value is -1.29. The lowest BCUT2D eigenvalue weighted by atomic mass is 10.4. The van der Waals surface area contributed by atoms with Crippen LogP contribution in [0.5, 0.6) is 0 Å². The largest absolute Gasteiger partial charge is 0.396 e. The average Bonchev–Trinajstić information content (AvgIpc) is 2.58. The number of rotatable bonds is 1. The first-order chi connectivity index (χ1) is 5.75. The van der Waals surface area contributed by atoms with Crippen LogP contribution in [0, 0.1) is 0 Å². The van der Waals surface area contributed by atoms with Crippen LogP contribution in [0.3, 0.4) is 0 Å². The molecule has 0 aliphatic rings. The number of aryl methyl sites for hydroxylation is 1. The van der Waals surface area contributed by atoms with Crippen molar-refractivity contribution in [1.29, 1.82) is 0 Å². The molecule has 0 fully saturated rings. The first-order valence-corrected chi connectivity index (χ1v) is 4.40. The standard InChI is InChI=1S/C8H8N2OS/c1-10-5-2-3-12-8(5)7(9)6(10)4-11/h2-4H,9H2,1H3. The van der Waals surface area contributed by atoms with E-state index < -0.39 is 0 Å². The molecule has 2 aromatic heterocycles. The Morgan fingerprint density at radius 2 is 2.42 bits per heavy atom. The number of aldehydes is 1. The molecule has 0 unspecified atom stereocenters. The third kappa shape index (κ3) is 0.726. The first-order valence-electron chi connectivity index (χ1n) is 3.52. The number of hydrogen-bond acceptors (Lipinski definition) is 3. The van der Waals surface area contributed by atoms with Crippen molar-refractivity contribution < 1.29 is 4.79 Å². The molecule has 4 heteroatoms. The van der Waals surface area contributed by atoms with E-state index in [1.165, 1.54) is 0 Å². The number of nitrogens with two attached hydrogens (primary N) is 1. The zero-order valence-electron chi connectivity index (χ0n) is 6.57. The van der Waals surface area contributed by atoms with E-state index in [9.17, 15) is 4.79 Å². The number of hydrogen-bond donors (Lipinski definition) is 1. The van der Waals surface area contributed by atoms with Crippen molar-refractivity contribution in [2.75, 3.05) is 5.73 Å². The van der Waals surface area contributed by atoms with E-state index >= 15 is 0 Å². The lowest BCUT2D eigenvalue weighted by Crippen LogP contribution is -1.96. The first kappa shape index (κ1) is 7.36. The van der Waals surface area contributed by atoms with Gasteiger partial charge in [-0.3, -0.25) is 4.79 Å². The molecule has 12 heavy (non-hydrogen) atoms. The van der Waals surface area contributed by atoms with E-state index in [1.807, 2.05) is 23.1 Å². The number of nitrogen functional groups attached to an aromatic ring is 1. The highest BCUT2D eigenvalue weighted by Crippen LogP contribution is 2.30. The molecule has 0 bridgehead atoms. The molecular formula is C8H8N2OS. The molecule has 62 valence electrons. The number of carbonyl (C=O) groups is 1. The molecule has 2 aromatic rings. The number of carbonyl (C=O) groups excluding carboxylic acids is 1. The van der Waals surface area contributed by atoms with Crippen LogP contribution in [-0.4, -0.2) is 10.9 Å². The molecule has 0 spiro atoms. The van der Waals surface area contributed by atoms with Crippen molar-refractivity contribution in [3.63, 3.8) is 0 Å². The summed E-state index contributed by atoms with van der Waals surface area (Å²) in [7, 11) is 1.84. The highest BCUT2D eigenvalue weighted by Gasteiger charge is 2.11. The second kappa shape index (κ2) is 2.35. The molecule has 0 aliphatic heterocycles. The fourth-order valence-corrected chi connectivity index (χ4v) is 2.23. The van der Waals surface area contributed by atoms with Crippen molar-refractivity contribution >= 4 is 33.5 Å². The fourth-order valence-electron chi connectivity index (χ4n) is 1.34. The molecule has 3 nitrogen and oxygen atoms in total. The van der Waals surface area contributed by atoms with E-state index in [0.717, 1.165) is 16.5 Å². The van der Waals surface area contributed by atoms with Gasteiger partial charge >= 0.3 is 0 Å². The topological polar surface area (TPSA) is 48.0 Å². The van der Waals surface area contributed by atoms with E-state index in [0.29, 0.717) is 11.4 Å². The quantitative estimate of drug-likeness (QED) is 0.678. The molecule has 2 heterocycles. The zero-order chi connectivity index (χ0) is 8.72. The maximum Gasteiger partial charge on any atom is 0.168 e. The Balaban J connectivity index is 2.95. The lowest BCUT2D eigenvalue weighted by molar-refractivity contribution is 0.111. The Labute approximate surface area is 73.4 Å². The van der Waals surface area contributed by atoms with Crippen molar-refractivity contribution in [3.05, 3.63) is 17.1 Å². The lowest BCUT2D eigenvalue weighted by Gasteiger charge is -1.94. The summed E-state index contributed by atoms with van der Waals surface area (Å²) in [6.07, 6.45) is 0.794. The van der Waals surface area contributed by atoms with Gasteiger partial charge in [-0.1, -0.05) is 0 Å². The third-order valence-electron chi connectivity index (χ3n) is 2.00. The Morgan fingerprint density at radius 3 is 3.00 bits per heavy atom. The Bertz CT molecular complexity index is 407. The van der Waals surface area contributed by atoms with Crippen LogP contribution in [0.1, 0.15) is 10.5 Å². The van der Waals surface area contributed by atoms with Gasteiger partial charge < -0.3 is 10.3 Å². The number of fused-ring (bicyclic) bond motifs is 1. The molecule has 0 aliphatic carbocycles. The number of thiophene rings is 1. The molecule has 0 aromatic carbocycles. The minimum Gasteiger partial charge on any atom is -0.396 e. The SMILES string of the molecule is Cn1c(C=O)c(N)c2sccc21. The normalized spacial score (nSPS) is 10.8. The Morgan fingerprint density at radius 1 is 1.67 bits per heavy atom. The minimum absolute atomic E-state index is 0.567. The van der Waals surface area contributed by atoms with Gasteiger partial charge in [0.05, 0.1) is 15.9 Å². The zero-order valence-corrected chi connectivity index (χ0v) is 7.39. The van der Waals surface area contributed by atoms with Crippen LogP contribution in [0.25, 0.3) is 10.2 Å². The number of anilines is 1. The van der Waals surface area contributed by atoms with Crippen LogP contribution in [0.15, 0.2) is 11.4 Å². The van der Waals surface area contributed by atoms with Crippen molar-refractivity contribution in [3.8, 4) is 0 Å². The summed E-state index contributed by atoms with van der Waals surface area (Å²) in [6, 6.07) is 1.96. The van der Waals surface area contributed by atoms with Gasteiger partial charge in [0.25, 0.3) is 0 Å². The summed E-state index contributed by atoms with van der Waals surface area (Å²) < 4.78 is 2.81. The summed E-state index contributed by atoms with van der Waals surface area (Å²) in [5.74, 6) is 0. The number of nitrogens with zero attached hydrogens (tertiary/aromatic N) is 1. The summed E-state index contributed by atoms with van der Waals surface area (Å²) in [5, 5.41) is 1.97. The molecule has 0 atom stereocenters. The second-order valence-electron chi connectivity index (χ2n) is 2.61. The van der Waals surface area contributed by atoms with Crippen LogP contribution >= 0.6 is 11.3 Å². The third-order valence-corrected chi connectivity index (χ3v) is 2.94. The summed E-state index contributed by atoms with van der Waals surface area (Å²) >= 11 is 1.56. The van der Waals surface area contributed by atoms with Crippen molar-refractivity contribution in [1.82, 2.24) is 4.57 Å². The summed E-state index contributed by atoms with van der Waals surface area (Å²) in [4.78, 5) is 10.6. The monoisotopic (exact) mass is 180 g/mol. The van der Waals surface area contributed by atoms with E-state index in [1.54, 1.807) is 11.3 Å². The van der Waals surface area contributed by atoms with Gasteiger partial charge in [0.2, 0.25) is 0 Å². The van der Waals surface area contributed by atoms with E-state index in [2.05, 4.69) is 0 Å². The van der Waals surface area contributed by atoms with Crippen LogP contribution in [0.4, 0.5) is 5.69 Å².